The number of hydrogen-bond donors (Lipinski definition) is 1. The van der Waals surface area contributed by atoms with Crippen molar-refractivity contribution in [3.05, 3.63) is 54.1 Å². The van der Waals surface area contributed by atoms with Crippen LogP contribution < -0.4 is 19.5 Å². The van der Waals surface area contributed by atoms with Gasteiger partial charge in [0.05, 0.1) is 19.8 Å². The smallest absolute Gasteiger partial charge is 0.261 e. The van der Waals surface area contributed by atoms with Gasteiger partial charge in [0.1, 0.15) is 17.2 Å². The van der Waals surface area contributed by atoms with Crippen molar-refractivity contribution in [2.45, 2.75) is 39.3 Å². The fourth-order valence-electron chi connectivity index (χ4n) is 2.57. The Morgan fingerprint density at radius 1 is 1.04 bits per heavy atom. The summed E-state index contributed by atoms with van der Waals surface area (Å²) in [6, 6.07) is 14.9. The number of hydrogen-bond acceptors (Lipinski definition) is 4. The van der Waals surface area contributed by atoms with Crippen LogP contribution in [-0.2, 0) is 4.79 Å². The number of amides is 1. The van der Waals surface area contributed by atoms with Gasteiger partial charge in [-0.25, -0.2) is 0 Å². The third kappa shape index (κ3) is 5.41. The van der Waals surface area contributed by atoms with Crippen molar-refractivity contribution in [3.8, 4) is 17.2 Å². The van der Waals surface area contributed by atoms with E-state index in [9.17, 15) is 4.79 Å². The monoisotopic (exact) mass is 357 g/mol. The summed E-state index contributed by atoms with van der Waals surface area (Å²) in [7, 11) is 1.60. The SMILES string of the molecule is CCOc1ccc([C@H](C)NC(=O)[C@@H](CC)Oc2cccc(OC)c2)cc1. The normalized spacial score (nSPS) is 12.8. The number of methoxy groups -OCH3 is 1. The molecular formula is C21H27NO4. The summed E-state index contributed by atoms with van der Waals surface area (Å²) in [5.41, 5.74) is 1.01. The molecule has 5 heteroatoms. The molecular weight excluding hydrogens is 330 g/mol. The van der Waals surface area contributed by atoms with Crippen LogP contribution in [0, 0.1) is 0 Å². The van der Waals surface area contributed by atoms with E-state index in [2.05, 4.69) is 5.32 Å². The summed E-state index contributed by atoms with van der Waals surface area (Å²) >= 11 is 0. The van der Waals surface area contributed by atoms with Crippen molar-refractivity contribution in [2.24, 2.45) is 0 Å². The predicted octanol–water partition coefficient (Wildman–Crippen LogP) is 4.13. The number of rotatable bonds is 9. The molecule has 2 rings (SSSR count). The van der Waals surface area contributed by atoms with Crippen molar-refractivity contribution >= 4 is 5.91 Å². The summed E-state index contributed by atoms with van der Waals surface area (Å²) in [5, 5.41) is 3.01. The number of carbonyl (C=O) groups excluding carboxylic acids is 1. The average Bonchev–Trinajstić information content (AvgIpc) is 2.67. The van der Waals surface area contributed by atoms with Crippen LogP contribution in [-0.4, -0.2) is 25.7 Å². The van der Waals surface area contributed by atoms with Crippen molar-refractivity contribution in [1.82, 2.24) is 5.32 Å². The van der Waals surface area contributed by atoms with E-state index in [-0.39, 0.29) is 11.9 Å². The molecule has 0 radical (unpaired) electrons. The van der Waals surface area contributed by atoms with Crippen LogP contribution in [0.25, 0.3) is 0 Å². The topological polar surface area (TPSA) is 56.8 Å². The highest BCUT2D eigenvalue weighted by Crippen LogP contribution is 2.22. The van der Waals surface area contributed by atoms with Gasteiger partial charge in [-0.05, 0) is 50.1 Å². The molecule has 0 fully saturated rings. The van der Waals surface area contributed by atoms with E-state index in [4.69, 9.17) is 14.2 Å². The molecule has 0 spiro atoms. The molecule has 0 unspecified atom stereocenters. The van der Waals surface area contributed by atoms with Crippen molar-refractivity contribution in [1.29, 1.82) is 0 Å². The Labute approximate surface area is 155 Å². The summed E-state index contributed by atoms with van der Waals surface area (Å²) in [5.74, 6) is 1.99. The molecule has 26 heavy (non-hydrogen) atoms. The maximum absolute atomic E-state index is 12.6. The predicted molar refractivity (Wildman–Crippen MR) is 102 cm³/mol. The molecule has 2 aromatic carbocycles. The van der Waals surface area contributed by atoms with Gasteiger partial charge in [-0.3, -0.25) is 4.79 Å². The molecule has 5 nitrogen and oxygen atoms in total. The Morgan fingerprint density at radius 3 is 2.35 bits per heavy atom. The second-order valence-corrected chi connectivity index (χ2v) is 5.93. The van der Waals surface area contributed by atoms with Gasteiger partial charge in [-0.1, -0.05) is 25.1 Å². The lowest BCUT2D eigenvalue weighted by atomic mass is 10.1. The van der Waals surface area contributed by atoms with Crippen LogP contribution >= 0.6 is 0 Å². The Kier molecular flexibility index (Phi) is 7.33. The van der Waals surface area contributed by atoms with Gasteiger partial charge in [-0.15, -0.1) is 0 Å². The largest absolute Gasteiger partial charge is 0.497 e. The Hall–Kier alpha value is -2.69. The number of ether oxygens (including phenoxy) is 3. The first-order valence-electron chi connectivity index (χ1n) is 8.91. The molecule has 2 atom stereocenters. The first-order chi connectivity index (χ1) is 12.6. The van der Waals surface area contributed by atoms with Crippen LogP contribution in [0.3, 0.4) is 0 Å². The maximum atomic E-state index is 12.6. The fraction of sp³-hybridized carbons (Fsp3) is 0.381. The van der Waals surface area contributed by atoms with E-state index in [1.807, 2.05) is 63.2 Å². The summed E-state index contributed by atoms with van der Waals surface area (Å²) in [4.78, 5) is 12.6. The molecule has 0 aliphatic rings. The summed E-state index contributed by atoms with van der Waals surface area (Å²) < 4.78 is 16.5. The quantitative estimate of drug-likeness (QED) is 0.733. The Balaban J connectivity index is 1.98. The lowest BCUT2D eigenvalue weighted by molar-refractivity contribution is -0.128. The van der Waals surface area contributed by atoms with Crippen molar-refractivity contribution in [3.63, 3.8) is 0 Å². The highest BCUT2D eigenvalue weighted by molar-refractivity contribution is 5.81. The van der Waals surface area contributed by atoms with Gasteiger partial charge < -0.3 is 19.5 Å². The first kappa shape index (κ1) is 19.6. The minimum absolute atomic E-state index is 0.124. The molecule has 0 heterocycles. The standard InChI is InChI=1S/C21H27NO4/c1-5-20(26-19-9-7-8-18(14-19)24-4)21(23)22-15(3)16-10-12-17(13-11-16)25-6-2/h7-15,20H,5-6H2,1-4H3,(H,22,23)/t15-,20+/m0/s1. The highest BCUT2D eigenvalue weighted by Gasteiger charge is 2.21. The first-order valence-corrected chi connectivity index (χ1v) is 8.91. The van der Waals surface area contributed by atoms with Gasteiger partial charge >= 0.3 is 0 Å². The number of carbonyl (C=O) groups is 1. The van der Waals surface area contributed by atoms with Gasteiger partial charge in [0.2, 0.25) is 0 Å². The maximum Gasteiger partial charge on any atom is 0.261 e. The molecule has 0 bridgehead atoms. The minimum Gasteiger partial charge on any atom is -0.497 e. The summed E-state index contributed by atoms with van der Waals surface area (Å²) in [6.45, 7) is 6.45. The zero-order valence-corrected chi connectivity index (χ0v) is 15.8. The lowest BCUT2D eigenvalue weighted by Gasteiger charge is -2.21. The highest BCUT2D eigenvalue weighted by atomic mass is 16.5. The van der Waals surface area contributed by atoms with Gasteiger partial charge in [-0.2, -0.15) is 0 Å². The third-order valence-electron chi connectivity index (χ3n) is 4.03. The molecule has 0 saturated heterocycles. The van der Waals surface area contributed by atoms with Crippen LogP contribution in [0.5, 0.6) is 17.2 Å². The molecule has 2 aromatic rings. The van der Waals surface area contributed by atoms with Crippen molar-refractivity contribution in [2.75, 3.05) is 13.7 Å². The minimum atomic E-state index is -0.563. The van der Waals surface area contributed by atoms with E-state index in [0.29, 0.717) is 24.5 Å². The van der Waals surface area contributed by atoms with Crippen LogP contribution in [0.2, 0.25) is 0 Å². The van der Waals surface area contributed by atoms with Crippen LogP contribution in [0.15, 0.2) is 48.5 Å². The van der Waals surface area contributed by atoms with Gasteiger partial charge in [0.15, 0.2) is 6.10 Å². The van der Waals surface area contributed by atoms with Gasteiger partial charge in [0.25, 0.3) is 5.91 Å². The second kappa shape index (κ2) is 9.70. The Bertz CT molecular complexity index is 699. The molecule has 0 aromatic heterocycles. The van der Waals surface area contributed by atoms with Crippen LogP contribution in [0.1, 0.15) is 38.8 Å². The molecule has 1 amide bonds. The van der Waals surface area contributed by atoms with E-state index >= 15 is 0 Å². The zero-order chi connectivity index (χ0) is 18.9. The second-order valence-electron chi connectivity index (χ2n) is 5.93. The number of nitrogens with one attached hydrogen (secondary N) is 1. The lowest BCUT2D eigenvalue weighted by Crippen LogP contribution is -2.39. The van der Waals surface area contributed by atoms with Crippen LogP contribution in [0.4, 0.5) is 0 Å². The van der Waals surface area contributed by atoms with Crippen molar-refractivity contribution < 1.29 is 19.0 Å². The van der Waals surface area contributed by atoms with E-state index in [1.54, 1.807) is 13.2 Å². The van der Waals surface area contributed by atoms with Gasteiger partial charge in [0, 0.05) is 6.07 Å². The molecule has 0 aliphatic carbocycles. The molecule has 0 aliphatic heterocycles. The van der Waals surface area contributed by atoms with E-state index < -0.39 is 6.10 Å². The third-order valence-corrected chi connectivity index (χ3v) is 4.03. The zero-order valence-electron chi connectivity index (χ0n) is 15.8. The molecule has 0 saturated carbocycles. The van der Waals surface area contributed by atoms with E-state index in [0.717, 1.165) is 11.3 Å². The fourth-order valence-corrected chi connectivity index (χ4v) is 2.57. The number of benzene rings is 2. The summed E-state index contributed by atoms with van der Waals surface area (Å²) in [6.07, 6.45) is 0.00577. The molecule has 140 valence electrons. The molecule has 1 N–H and O–H groups in total. The average molecular weight is 357 g/mol. The van der Waals surface area contributed by atoms with E-state index in [1.165, 1.54) is 0 Å². The Morgan fingerprint density at radius 2 is 1.73 bits per heavy atom.